The average molecular weight is 312 g/mol. The van der Waals surface area contributed by atoms with Gasteiger partial charge in [0, 0.05) is 13.6 Å². The van der Waals surface area contributed by atoms with Crippen molar-refractivity contribution in [3.63, 3.8) is 0 Å². The van der Waals surface area contributed by atoms with Crippen molar-refractivity contribution in [2.75, 3.05) is 20.6 Å². The smallest absolute Gasteiger partial charge is 0.237 e. The van der Waals surface area contributed by atoms with E-state index in [0.717, 1.165) is 0 Å². The summed E-state index contributed by atoms with van der Waals surface area (Å²) in [6, 6.07) is -0.837. The van der Waals surface area contributed by atoms with Crippen molar-refractivity contribution >= 4 is 17.6 Å². The number of carbonyl (C=O) groups is 2. The number of hydrogen-bond acceptors (Lipinski definition) is 6. The minimum absolute atomic E-state index is 0.0771. The van der Waals surface area contributed by atoms with E-state index in [-0.39, 0.29) is 29.5 Å². The number of Topliss-reactive ketones (excluding diaryl/α,β-unsaturated/α-hetero) is 1. The largest absolute Gasteiger partial charge is 0.366 e. The molecule has 0 aliphatic rings. The number of carbonyl (C=O) groups excluding carboxylic acids is 3. The molecule has 0 aliphatic carbocycles. The maximum absolute atomic E-state index is 12.2. The lowest BCUT2D eigenvalue weighted by Gasteiger charge is -2.23. The third-order valence-electron chi connectivity index (χ3n) is 3.39. The molecule has 0 radical (unpaired) electrons. The fraction of sp³-hybridized carbons (Fsp3) is 0.733. The SMILES string of the molecule is CNC(=C=O)NCCCC(NC(=O)C(NC)C(C)C)C(C)=O. The summed E-state index contributed by atoms with van der Waals surface area (Å²) in [5.74, 6) is 1.89. The molecule has 2 atom stereocenters. The van der Waals surface area contributed by atoms with Crippen LogP contribution in [-0.4, -0.2) is 50.4 Å². The number of amides is 1. The van der Waals surface area contributed by atoms with Gasteiger partial charge in [0.05, 0.1) is 12.1 Å². The highest BCUT2D eigenvalue weighted by Gasteiger charge is 2.24. The Morgan fingerprint density at radius 3 is 2.23 bits per heavy atom. The molecule has 126 valence electrons. The number of likely N-dealkylation sites (N-methyl/N-ethyl adjacent to an activating group) is 1. The first kappa shape index (κ1) is 20.1. The molecular formula is C15H28N4O3. The maximum Gasteiger partial charge on any atom is 0.237 e. The van der Waals surface area contributed by atoms with Gasteiger partial charge in [0.1, 0.15) is 0 Å². The summed E-state index contributed by atoms with van der Waals surface area (Å²) in [5, 5.41) is 11.3. The molecule has 0 aromatic heterocycles. The Morgan fingerprint density at radius 1 is 1.18 bits per heavy atom. The highest BCUT2D eigenvalue weighted by molar-refractivity contribution is 5.89. The van der Waals surface area contributed by atoms with E-state index in [4.69, 9.17) is 0 Å². The molecule has 0 aromatic carbocycles. The Morgan fingerprint density at radius 2 is 1.82 bits per heavy atom. The van der Waals surface area contributed by atoms with Crippen molar-refractivity contribution in [3.05, 3.63) is 5.82 Å². The number of nitrogens with one attached hydrogen (secondary N) is 4. The minimum atomic E-state index is -0.512. The van der Waals surface area contributed by atoms with E-state index in [0.29, 0.717) is 19.4 Å². The maximum atomic E-state index is 12.2. The summed E-state index contributed by atoms with van der Waals surface area (Å²) < 4.78 is 0. The normalized spacial score (nSPS) is 13.0. The fourth-order valence-electron chi connectivity index (χ4n) is 2.10. The van der Waals surface area contributed by atoms with E-state index in [1.165, 1.54) is 6.92 Å². The van der Waals surface area contributed by atoms with Crippen LogP contribution >= 0.6 is 0 Å². The van der Waals surface area contributed by atoms with Crippen LogP contribution in [-0.2, 0) is 14.4 Å². The van der Waals surface area contributed by atoms with Crippen LogP contribution in [0, 0.1) is 5.92 Å². The van der Waals surface area contributed by atoms with Crippen molar-refractivity contribution < 1.29 is 14.4 Å². The molecule has 0 rings (SSSR count). The zero-order chi connectivity index (χ0) is 17.1. The average Bonchev–Trinajstić information content (AvgIpc) is 2.46. The van der Waals surface area contributed by atoms with Crippen molar-refractivity contribution in [3.8, 4) is 0 Å². The number of hydrogen-bond donors (Lipinski definition) is 4. The van der Waals surface area contributed by atoms with Crippen molar-refractivity contribution in [1.29, 1.82) is 0 Å². The second-order valence-corrected chi connectivity index (χ2v) is 5.48. The lowest BCUT2D eigenvalue weighted by Crippen LogP contribution is -2.51. The molecule has 0 bridgehead atoms. The van der Waals surface area contributed by atoms with Crippen LogP contribution in [0.25, 0.3) is 0 Å². The third-order valence-corrected chi connectivity index (χ3v) is 3.39. The van der Waals surface area contributed by atoms with Crippen LogP contribution in [0.2, 0.25) is 0 Å². The molecule has 0 saturated heterocycles. The summed E-state index contributed by atoms with van der Waals surface area (Å²) in [6.45, 7) is 5.87. The first-order valence-electron chi connectivity index (χ1n) is 7.52. The molecule has 0 aromatic rings. The molecule has 0 fully saturated rings. The first-order chi connectivity index (χ1) is 10.4. The van der Waals surface area contributed by atoms with Crippen LogP contribution in [0.3, 0.4) is 0 Å². The topological polar surface area (TPSA) is 99.3 Å². The fourth-order valence-corrected chi connectivity index (χ4v) is 2.10. The van der Waals surface area contributed by atoms with Gasteiger partial charge >= 0.3 is 0 Å². The van der Waals surface area contributed by atoms with Crippen LogP contribution in [0.1, 0.15) is 33.6 Å². The van der Waals surface area contributed by atoms with Gasteiger partial charge in [-0.3, -0.25) is 9.59 Å². The monoisotopic (exact) mass is 312 g/mol. The molecular weight excluding hydrogens is 284 g/mol. The van der Waals surface area contributed by atoms with E-state index in [1.54, 1.807) is 20.0 Å². The quantitative estimate of drug-likeness (QED) is 0.305. The zero-order valence-electron chi connectivity index (χ0n) is 14.1. The van der Waals surface area contributed by atoms with Crippen molar-refractivity contribution in [2.45, 2.75) is 45.7 Å². The molecule has 0 aliphatic heterocycles. The predicted molar refractivity (Wildman–Crippen MR) is 85.8 cm³/mol. The van der Waals surface area contributed by atoms with E-state index >= 15 is 0 Å². The van der Waals surface area contributed by atoms with Crippen LogP contribution in [0.5, 0.6) is 0 Å². The molecule has 7 nitrogen and oxygen atoms in total. The van der Waals surface area contributed by atoms with Gasteiger partial charge in [0.25, 0.3) is 0 Å². The van der Waals surface area contributed by atoms with Gasteiger partial charge in [0.15, 0.2) is 17.5 Å². The Bertz CT molecular complexity index is 417. The number of rotatable bonds is 11. The molecule has 1 amide bonds. The summed E-state index contributed by atoms with van der Waals surface area (Å²) in [7, 11) is 3.34. The van der Waals surface area contributed by atoms with E-state index in [9.17, 15) is 14.4 Å². The Labute approximate surface area is 132 Å². The summed E-state index contributed by atoms with van der Waals surface area (Å²) in [4.78, 5) is 34.3. The van der Waals surface area contributed by atoms with E-state index in [1.807, 2.05) is 13.8 Å². The molecule has 22 heavy (non-hydrogen) atoms. The molecule has 0 saturated carbocycles. The third kappa shape index (κ3) is 7.24. The molecule has 0 spiro atoms. The lowest BCUT2D eigenvalue weighted by molar-refractivity contribution is -0.129. The summed E-state index contributed by atoms with van der Waals surface area (Å²) in [5.41, 5.74) is 0. The van der Waals surface area contributed by atoms with Crippen molar-refractivity contribution in [1.82, 2.24) is 21.3 Å². The Kier molecular flexibility index (Phi) is 9.91. The predicted octanol–water partition coefficient (Wildman–Crippen LogP) is -0.434. The van der Waals surface area contributed by atoms with Gasteiger partial charge in [0.2, 0.25) is 5.91 Å². The van der Waals surface area contributed by atoms with Gasteiger partial charge in [-0.05, 0) is 32.7 Å². The van der Waals surface area contributed by atoms with E-state index in [2.05, 4.69) is 21.3 Å². The molecule has 2 unspecified atom stereocenters. The summed E-state index contributed by atoms with van der Waals surface area (Å²) in [6.07, 6.45) is 1.15. The second kappa shape index (κ2) is 10.8. The zero-order valence-corrected chi connectivity index (χ0v) is 14.1. The standard InChI is InChI=1S/C15H28N4O3/c1-10(2)14(17-5)15(22)19-12(11(3)21)7-6-8-18-13(9-20)16-4/h10,12,14,16-18H,6-8H2,1-5H3,(H,19,22). The molecule has 4 N–H and O–H groups in total. The lowest BCUT2D eigenvalue weighted by atomic mass is 10.0. The van der Waals surface area contributed by atoms with Crippen LogP contribution in [0.15, 0.2) is 5.82 Å². The molecule has 7 heteroatoms. The first-order valence-corrected chi connectivity index (χ1v) is 7.52. The highest BCUT2D eigenvalue weighted by atomic mass is 16.2. The van der Waals surface area contributed by atoms with Gasteiger partial charge in [-0.15, -0.1) is 0 Å². The summed E-state index contributed by atoms with van der Waals surface area (Å²) >= 11 is 0. The second-order valence-electron chi connectivity index (χ2n) is 5.48. The van der Waals surface area contributed by atoms with Crippen molar-refractivity contribution in [2.24, 2.45) is 5.92 Å². The Hall–Kier alpha value is -1.85. The molecule has 0 heterocycles. The highest BCUT2D eigenvalue weighted by Crippen LogP contribution is 2.04. The van der Waals surface area contributed by atoms with Gasteiger partial charge in [-0.25, -0.2) is 4.79 Å². The number of ketones is 1. The van der Waals surface area contributed by atoms with E-state index < -0.39 is 6.04 Å². The van der Waals surface area contributed by atoms with Gasteiger partial charge in [-0.1, -0.05) is 13.8 Å². The Balaban J connectivity index is 4.41. The van der Waals surface area contributed by atoms with Crippen LogP contribution < -0.4 is 21.3 Å². The van der Waals surface area contributed by atoms with Gasteiger partial charge in [-0.2, -0.15) is 0 Å². The van der Waals surface area contributed by atoms with Gasteiger partial charge < -0.3 is 21.3 Å². The minimum Gasteiger partial charge on any atom is -0.366 e. The van der Waals surface area contributed by atoms with Crippen LogP contribution in [0.4, 0.5) is 0 Å².